The lowest BCUT2D eigenvalue weighted by Crippen LogP contribution is -2.35. The number of hydrogen-bond acceptors (Lipinski definition) is 5. The molecule has 0 unspecified atom stereocenters. The predicted octanol–water partition coefficient (Wildman–Crippen LogP) is 5.23. The van der Waals surface area contributed by atoms with Gasteiger partial charge in [-0.2, -0.15) is 0 Å². The molecule has 190 valence electrons. The Labute approximate surface area is 224 Å². The number of benzene rings is 3. The van der Waals surface area contributed by atoms with Gasteiger partial charge in [-0.25, -0.2) is 0 Å². The standard InChI is InChI=1S/C29H28BrN3O4/c30-22-7-10-24-25(17-22)32-29(36)27(24)28(21-3-1-2-19(16-21)6-11-26(34)35)31-23-8-4-20(5-9-23)18-33-12-14-37-15-13-33/h1-5,7-10,16-17,31H,6,11-15,18H2,(H,32,36)(H,34,35). The number of nitrogens with zero attached hydrogens (tertiary/aromatic N) is 1. The number of aliphatic carboxylic acids is 1. The van der Waals surface area contributed by atoms with Crippen molar-refractivity contribution in [3.63, 3.8) is 0 Å². The number of anilines is 2. The maximum absolute atomic E-state index is 13.2. The number of carbonyl (C=O) groups excluding carboxylic acids is 1. The minimum Gasteiger partial charge on any atom is -0.481 e. The SMILES string of the molecule is O=C(O)CCc1cccc(C(Nc2ccc(CN3CCOCC3)cc2)=C2C(=O)Nc3cc(Br)ccc32)c1. The summed E-state index contributed by atoms with van der Waals surface area (Å²) in [5.74, 6) is -1.02. The molecule has 2 heterocycles. The molecule has 1 saturated heterocycles. The topological polar surface area (TPSA) is 90.9 Å². The van der Waals surface area contributed by atoms with E-state index in [2.05, 4.69) is 43.6 Å². The zero-order valence-corrected chi connectivity index (χ0v) is 21.9. The highest BCUT2D eigenvalue weighted by Gasteiger charge is 2.28. The Kier molecular flexibility index (Phi) is 7.69. The summed E-state index contributed by atoms with van der Waals surface area (Å²) in [4.78, 5) is 26.7. The summed E-state index contributed by atoms with van der Waals surface area (Å²) in [6, 6.07) is 21.7. The lowest BCUT2D eigenvalue weighted by Gasteiger charge is -2.26. The minimum absolute atomic E-state index is 0.0464. The second-order valence-electron chi connectivity index (χ2n) is 9.20. The lowest BCUT2D eigenvalue weighted by atomic mass is 9.97. The van der Waals surface area contributed by atoms with E-state index in [1.54, 1.807) is 0 Å². The van der Waals surface area contributed by atoms with Gasteiger partial charge in [0.15, 0.2) is 0 Å². The molecule has 0 aromatic heterocycles. The third-order valence-electron chi connectivity index (χ3n) is 6.55. The van der Waals surface area contributed by atoms with Crippen LogP contribution in [0.15, 0.2) is 71.2 Å². The number of rotatable bonds is 8. The Bertz CT molecular complexity index is 1350. The first-order valence-electron chi connectivity index (χ1n) is 12.3. The van der Waals surface area contributed by atoms with Gasteiger partial charge in [-0.3, -0.25) is 14.5 Å². The smallest absolute Gasteiger partial charge is 0.303 e. The summed E-state index contributed by atoms with van der Waals surface area (Å²) in [6.07, 6.45) is 0.461. The van der Waals surface area contributed by atoms with Gasteiger partial charge in [0.05, 0.1) is 30.2 Å². The van der Waals surface area contributed by atoms with Crippen LogP contribution in [0, 0.1) is 0 Å². The molecule has 0 aliphatic carbocycles. The number of morpholine rings is 1. The van der Waals surface area contributed by atoms with Crippen LogP contribution < -0.4 is 10.6 Å². The molecule has 1 amide bonds. The Morgan fingerprint density at radius 3 is 2.57 bits per heavy atom. The van der Waals surface area contributed by atoms with E-state index in [1.807, 2.05) is 54.6 Å². The van der Waals surface area contributed by atoms with Crippen molar-refractivity contribution in [2.24, 2.45) is 0 Å². The number of aryl methyl sites for hydroxylation is 1. The van der Waals surface area contributed by atoms with Crippen LogP contribution in [0.3, 0.4) is 0 Å². The molecule has 0 bridgehead atoms. The number of carboxylic acid groups (broad SMARTS) is 1. The summed E-state index contributed by atoms with van der Waals surface area (Å²) < 4.78 is 6.33. The molecule has 3 aromatic rings. The minimum atomic E-state index is -0.839. The van der Waals surface area contributed by atoms with Crippen molar-refractivity contribution in [3.05, 3.63) is 93.5 Å². The summed E-state index contributed by atoms with van der Waals surface area (Å²) in [5.41, 5.74) is 6.59. The van der Waals surface area contributed by atoms with Crippen LogP contribution >= 0.6 is 15.9 Å². The monoisotopic (exact) mass is 561 g/mol. The first-order valence-corrected chi connectivity index (χ1v) is 13.1. The number of carboxylic acids is 1. The Hall–Kier alpha value is -3.46. The van der Waals surface area contributed by atoms with E-state index in [1.165, 1.54) is 5.56 Å². The average molecular weight is 562 g/mol. The molecule has 2 aliphatic heterocycles. The molecule has 7 nitrogen and oxygen atoms in total. The number of amides is 1. The molecule has 8 heteroatoms. The molecule has 5 rings (SSSR count). The maximum Gasteiger partial charge on any atom is 0.303 e. The highest BCUT2D eigenvalue weighted by Crippen LogP contribution is 2.39. The fraction of sp³-hybridized carbons (Fsp3) is 0.241. The lowest BCUT2D eigenvalue weighted by molar-refractivity contribution is -0.137. The normalized spacial score (nSPS) is 16.7. The summed E-state index contributed by atoms with van der Waals surface area (Å²) in [5, 5.41) is 15.6. The van der Waals surface area contributed by atoms with Crippen molar-refractivity contribution in [3.8, 4) is 0 Å². The van der Waals surface area contributed by atoms with Crippen molar-refractivity contribution < 1.29 is 19.4 Å². The van der Waals surface area contributed by atoms with Crippen molar-refractivity contribution >= 4 is 50.5 Å². The second-order valence-corrected chi connectivity index (χ2v) is 10.1. The highest BCUT2D eigenvalue weighted by molar-refractivity contribution is 9.10. The fourth-order valence-electron chi connectivity index (χ4n) is 4.66. The fourth-order valence-corrected chi connectivity index (χ4v) is 5.02. The zero-order chi connectivity index (χ0) is 25.8. The van der Waals surface area contributed by atoms with Gasteiger partial charge in [-0.15, -0.1) is 0 Å². The first kappa shape index (κ1) is 25.2. The second kappa shape index (κ2) is 11.3. The molecule has 3 N–H and O–H groups in total. The van der Waals surface area contributed by atoms with Gasteiger partial charge in [-0.05, 0) is 53.4 Å². The Balaban J connectivity index is 1.49. The average Bonchev–Trinajstić information content (AvgIpc) is 3.22. The number of ether oxygens (including phenoxy) is 1. The van der Waals surface area contributed by atoms with Gasteiger partial charge < -0.3 is 20.5 Å². The number of halogens is 1. The molecule has 37 heavy (non-hydrogen) atoms. The van der Waals surface area contributed by atoms with Gasteiger partial charge in [-0.1, -0.05) is 52.3 Å². The van der Waals surface area contributed by atoms with Crippen molar-refractivity contribution in [1.82, 2.24) is 4.90 Å². The molecule has 1 fully saturated rings. The van der Waals surface area contributed by atoms with Crippen molar-refractivity contribution in [1.29, 1.82) is 0 Å². The first-order chi connectivity index (χ1) is 18.0. The van der Waals surface area contributed by atoms with Crippen molar-refractivity contribution in [2.45, 2.75) is 19.4 Å². The van der Waals surface area contributed by atoms with Crippen molar-refractivity contribution in [2.75, 3.05) is 36.9 Å². The quantitative estimate of drug-likeness (QED) is 0.326. The van der Waals surface area contributed by atoms with Gasteiger partial charge in [0, 0.05) is 41.8 Å². The number of fused-ring (bicyclic) bond motifs is 1. The highest BCUT2D eigenvalue weighted by atomic mass is 79.9. The van der Waals surface area contributed by atoms with E-state index in [0.717, 1.165) is 65.4 Å². The van der Waals surface area contributed by atoms with E-state index in [4.69, 9.17) is 9.84 Å². The van der Waals surface area contributed by atoms with Crippen LogP contribution in [0.1, 0.15) is 28.7 Å². The molecule has 0 spiro atoms. The van der Waals surface area contributed by atoms with Crippen LogP contribution in [-0.4, -0.2) is 48.2 Å². The molecule has 2 aliphatic rings. The van der Waals surface area contributed by atoms with Crippen LogP contribution in [0.4, 0.5) is 11.4 Å². The number of hydrogen-bond donors (Lipinski definition) is 3. The molecular weight excluding hydrogens is 534 g/mol. The van der Waals surface area contributed by atoms with Crippen LogP contribution in [-0.2, 0) is 27.3 Å². The molecule has 0 radical (unpaired) electrons. The third-order valence-corrected chi connectivity index (χ3v) is 7.05. The largest absolute Gasteiger partial charge is 0.481 e. The van der Waals surface area contributed by atoms with Gasteiger partial charge in [0.1, 0.15) is 0 Å². The third kappa shape index (κ3) is 6.10. The number of nitrogens with one attached hydrogen (secondary N) is 2. The number of carbonyl (C=O) groups is 2. The van der Waals surface area contributed by atoms with E-state index < -0.39 is 5.97 Å². The summed E-state index contributed by atoms with van der Waals surface area (Å²) in [6.45, 7) is 4.26. The summed E-state index contributed by atoms with van der Waals surface area (Å²) >= 11 is 3.48. The van der Waals surface area contributed by atoms with E-state index in [9.17, 15) is 9.59 Å². The van der Waals surface area contributed by atoms with E-state index >= 15 is 0 Å². The van der Waals surface area contributed by atoms with Gasteiger partial charge >= 0.3 is 5.97 Å². The maximum atomic E-state index is 13.2. The zero-order valence-electron chi connectivity index (χ0n) is 20.3. The van der Waals surface area contributed by atoms with E-state index in [0.29, 0.717) is 17.7 Å². The van der Waals surface area contributed by atoms with Gasteiger partial charge in [0.2, 0.25) is 0 Å². The van der Waals surface area contributed by atoms with Gasteiger partial charge in [0.25, 0.3) is 5.91 Å². The molecule has 0 atom stereocenters. The predicted molar refractivity (Wildman–Crippen MR) is 148 cm³/mol. The van der Waals surface area contributed by atoms with Crippen LogP contribution in [0.5, 0.6) is 0 Å². The van der Waals surface area contributed by atoms with Crippen LogP contribution in [0.2, 0.25) is 0 Å². The molecule has 0 saturated carbocycles. The van der Waals surface area contributed by atoms with Crippen LogP contribution in [0.25, 0.3) is 11.3 Å². The molecular formula is C29H28BrN3O4. The molecule has 3 aromatic carbocycles. The van der Waals surface area contributed by atoms with E-state index in [-0.39, 0.29) is 12.3 Å². The Morgan fingerprint density at radius 1 is 1.03 bits per heavy atom. The summed E-state index contributed by atoms with van der Waals surface area (Å²) in [7, 11) is 0. The Morgan fingerprint density at radius 2 is 1.81 bits per heavy atom.